The fraction of sp³-hybridized carbons (Fsp3) is 0.714. The van der Waals surface area contributed by atoms with Crippen LogP contribution >= 0.6 is 0 Å². The lowest BCUT2D eigenvalue weighted by Gasteiger charge is -2.25. The quantitative estimate of drug-likeness (QED) is 0.412. The van der Waals surface area contributed by atoms with Gasteiger partial charge in [0, 0.05) is 13.6 Å². The predicted molar refractivity (Wildman–Crippen MR) is 84.6 cm³/mol. The third-order valence-electron chi connectivity index (χ3n) is 3.43. The Bertz CT molecular complexity index is 476. The Balaban J connectivity index is 2.77. The number of aromatic nitrogens is 2. The number of rotatable bonds is 9. The van der Waals surface area contributed by atoms with Crippen molar-refractivity contribution in [3.63, 3.8) is 0 Å². The third kappa shape index (κ3) is 5.17. The van der Waals surface area contributed by atoms with Crippen molar-refractivity contribution >= 4 is 17.3 Å². The lowest BCUT2D eigenvalue weighted by atomic mass is 9.87. The van der Waals surface area contributed by atoms with Crippen LogP contribution < -0.4 is 10.6 Å². The maximum Gasteiger partial charge on any atom is 0.353 e. The third-order valence-corrected chi connectivity index (χ3v) is 3.43. The van der Waals surface area contributed by atoms with Crippen molar-refractivity contribution in [1.82, 2.24) is 9.97 Å². The van der Waals surface area contributed by atoms with Crippen LogP contribution in [0.1, 0.15) is 46.5 Å². The average molecular weight is 295 g/mol. The Morgan fingerprint density at radius 3 is 2.52 bits per heavy atom. The molecule has 0 aliphatic rings. The first-order valence-corrected chi connectivity index (χ1v) is 7.32. The molecule has 7 heteroatoms. The first kappa shape index (κ1) is 17.1. The van der Waals surface area contributed by atoms with Gasteiger partial charge in [0.05, 0.1) is 4.92 Å². The zero-order valence-electron chi connectivity index (χ0n) is 13.3. The van der Waals surface area contributed by atoms with E-state index in [1.54, 1.807) is 7.05 Å². The standard InChI is InChI=1S/C14H25N5O2/c1-5-6-7-8-14(2,3)9-16-13-11(19(20)21)12(15-4)17-10-18-13/h10H,5-9H2,1-4H3,(H2,15,16,17,18). The molecule has 0 fully saturated rings. The second-order valence-corrected chi connectivity index (χ2v) is 5.90. The van der Waals surface area contributed by atoms with Crippen LogP contribution in [0.4, 0.5) is 17.3 Å². The van der Waals surface area contributed by atoms with E-state index in [1.807, 2.05) is 0 Å². The molecule has 0 spiro atoms. The highest BCUT2D eigenvalue weighted by Crippen LogP contribution is 2.30. The summed E-state index contributed by atoms with van der Waals surface area (Å²) in [5, 5.41) is 17.0. The second-order valence-electron chi connectivity index (χ2n) is 5.90. The minimum absolute atomic E-state index is 0.0633. The maximum absolute atomic E-state index is 11.2. The molecular formula is C14H25N5O2. The zero-order valence-corrected chi connectivity index (χ0v) is 13.3. The first-order valence-electron chi connectivity index (χ1n) is 7.32. The van der Waals surface area contributed by atoms with E-state index in [0.29, 0.717) is 6.54 Å². The van der Waals surface area contributed by atoms with Crippen LogP contribution in [0.15, 0.2) is 6.33 Å². The molecular weight excluding hydrogens is 270 g/mol. The van der Waals surface area contributed by atoms with Crippen molar-refractivity contribution in [3.05, 3.63) is 16.4 Å². The molecule has 118 valence electrons. The molecule has 21 heavy (non-hydrogen) atoms. The minimum atomic E-state index is -0.460. The van der Waals surface area contributed by atoms with Gasteiger partial charge in [-0.1, -0.05) is 40.0 Å². The average Bonchev–Trinajstić information content (AvgIpc) is 2.44. The molecule has 0 aliphatic heterocycles. The smallest absolute Gasteiger partial charge is 0.353 e. The summed E-state index contributed by atoms with van der Waals surface area (Å²) in [6, 6.07) is 0. The summed E-state index contributed by atoms with van der Waals surface area (Å²) in [6.07, 6.45) is 5.96. The van der Waals surface area contributed by atoms with Crippen LogP contribution in [0.2, 0.25) is 0 Å². The van der Waals surface area contributed by atoms with Gasteiger partial charge in [-0.05, 0) is 11.8 Å². The highest BCUT2D eigenvalue weighted by molar-refractivity contribution is 5.68. The van der Waals surface area contributed by atoms with E-state index >= 15 is 0 Å². The van der Waals surface area contributed by atoms with Crippen LogP contribution in [0.3, 0.4) is 0 Å². The number of hydrogen-bond donors (Lipinski definition) is 2. The largest absolute Gasteiger partial charge is 0.367 e. The Hall–Kier alpha value is -1.92. The molecule has 1 aromatic rings. The second kappa shape index (κ2) is 7.75. The highest BCUT2D eigenvalue weighted by Gasteiger charge is 2.24. The Labute approximate surface area is 125 Å². The van der Waals surface area contributed by atoms with E-state index in [1.165, 1.54) is 25.6 Å². The first-order chi connectivity index (χ1) is 9.91. The molecule has 0 amide bonds. The molecule has 1 heterocycles. The van der Waals surface area contributed by atoms with Gasteiger partial charge in [0.15, 0.2) is 0 Å². The van der Waals surface area contributed by atoms with E-state index in [4.69, 9.17) is 0 Å². The van der Waals surface area contributed by atoms with Gasteiger partial charge >= 0.3 is 5.69 Å². The van der Waals surface area contributed by atoms with Crippen LogP contribution in [0, 0.1) is 15.5 Å². The molecule has 0 radical (unpaired) electrons. The van der Waals surface area contributed by atoms with Gasteiger partial charge in [0.25, 0.3) is 0 Å². The summed E-state index contributed by atoms with van der Waals surface area (Å²) in [4.78, 5) is 18.6. The van der Waals surface area contributed by atoms with Gasteiger partial charge < -0.3 is 10.6 Å². The van der Waals surface area contributed by atoms with Gasteiger partial charge in [0.2, 0.25) is 11.6 Å². The summed E-state index contributed by atoms with van der Waals surface area (Å²) in [5.74, 6) is 0.490. The van der Waals surface area contributed by atoms with Crippen molar-refractivity contribution < 1.29 is 4.92 Å². The van der Waals surface area contributed by atoms with Gasteiger partial charge in [-0.15, -0.1) is 0 Å². The fourth-order valence-corrected chi connectivity index (χ4v) is 2.13. The molecule has 1 rings (SSSR count). The van der Waals surface area contributed by atoms with Crippen molar-refractivity contribution in [2.75, 3.05) is 24.2 Å². The lowest BCUT2D eigenvalue weighted by Crippen LogP contribution is -2.24. The maximum atomic E-state index is 11.2. The lowest BCUT2D eigenvalue weighted by molar-refractivity contribution is -0.383. The van der Waals surface area contributed by atoms with Crippen molar-refractivity contribution in [2.24, 2.45) is 5.41 Å². The van der Waals surface area contributed by atoms with Crippen molar-refractivity contribution in [3.8, 4) is 0 Å². The molecule has 7 nitrogen and oxygen atoms in total. The number of nitrogens with one attached hydrogen (secondary N) is 2. The van der Waals surface area contributed by atoms with Crippen LogP contribution in [0.25, 0.3) is 0 Å². The molecule has 1 aromatic heterocycles. The van der Waals surface area contributed by atoms with E-state index in [2.05, 4.69) is 41.4 Å². The zero-order chi connectivity index (χ0) is 15.9. The molecule has 2 N–H and O–H groups in total. The highest BCUT2D eigenvalue weighted by atomic mass is 16.6. The number of hydrogen-bond acceptors (Lipinski definition) is 6. The van der Waals surface area contributed by atoms with Crippen LogP contribution in [-0.4, -0.2) is 28.5 Å². The number of unbranched alkanes of at least 4 members (excludes halogenated alkanes) is 2. The van der Waals surface area contributed by atoms with Gasteiger partial charge in [-0.2, -0.15) is 0 Å². The summed E-state index contributed by atoms with van der Waals surface area (Å²) in [7, 11) is 1.60. The number of anilines is 2. The number of nitro groups is 1. The van der Waals surface area contributed by atoms with E-state index in [-0.39, 0.29) is 22.7 Å². The van der Waals surface area contributed by atoms with Crippen LogP contribution in [-0.2, 0) is 0 Å². The topological polar surface area (TPSA) is 93.0 Å². The van der Waals surface area contributed by atoms with Crippen molar-refractivity contribution in [2.45, 2.75) is 46.5 Å². The fourth-order valence-electron chi connectivity index (χ4n) is 2.13. The molecule has 0 unspecified atom stereocenters. The molecule has 0 saturated heterocycles. The monoisotopic (exact) mass is 295 g/mol. The van der Waals surface area contributed by atoms with E-state index < -0.39 is 4.92 Å². The molecule has 0 aliphatic carbocycles. The van der Waals surface area contributed by atoms with E-state index in [0.717, 1.165) is 6.42 Å². The van der Waals surface area contributed by atoms with E-state index in [9.17, 15) is 10.1 Å². The van der Waals surface area contributed by atoms with Gasteiger partial charge in [-0.25, -0.2) is 9.97 Å². The summed E-state index contributed by atoms with van der Waals surface area (Å²) in [5.41, 5.74) is -0.0438. The normalized spacial score (nSPS) is 11.2. The van der Waals surface area contributed by atoms with Gasteiger partial charge in [0.1, 0.15) is 6.33 Å². The summed E-state index contributed by atoms with van der Waals surface area (Å²) in [6.45, 7) is 7.12. The SMILES string of the molecule is CCCCCC(C)(C)CNc1ncnc(NC)c1[N+](=O)[O-]. The summed E-state index contributed by atoms with van der Waals surface area (Å²) < 4.78 is 0. The van der Waals surface area contributed by atoms with Crippen LogP contribution in [0.5, 0.6) is 0 Å². The molecule has 0 aromatic carbocycles. The Morgan fingerprint density at radius 2 is 1.95 bits per heavy atom. The molecule has 0 bridgehead atoms. The Kier molecular flexibility index (Phi) is 6.33. The molecule has 0 atom stereocenters. The molecule has 0 saturated carbocycles. The summed E-state index contributed by atoms with van der Waals surface area (Å²) >= 11 is 0. The number of nitrogens with zero attached hydrogens (tertiary/aromatic N) is 3. The van der Waals surface area contributed by atoms with Crippen molar-refractivity contribution in [1.29, 1.82) is 0 Å². The Morgan fingerprint density at radius 1 is 1.29 bits per heavy atom. The van der Waals surface area contributed by atoms with Gasteiger partial charge in [-0.3, -0.25) is 10.1 Å². The predicted octanol–water partition coefficient (Wildman–Crippen LogP) is 3.44. The minimum Gasteiger partial charge on any atom is -0.367 e.